The van der Waals surface area contributed by atoms with E-state index >= 15 is 0 Å². The zero-order chi connectivity index (χ0) is 15.8. The highest BCUT2D eigenvalue weighted by molar-refractivity contribution is 5.98. The molecule has 6 heteroatoms. The molecular formula is C15H17NO5. The van der Waals surface area contributed by atoms with Crippen molar-refractivity contribution in [2.75, 3.05) is 0 Å². The van der Waals surface area contributed by atoms with Gasteiger partial charge in [0.25, 0.3) is 0 Å². The SMILES string of the molecule is C=C(C)C(=O)OC(CCC)C(=O)OC(=O)c1cccnc1. The summed E-state index contributed by atoms with van der Waals surface area (Å²) in [7, 11) is 0. The van der Waals surface area contributed by atoms with Crippen molar-refractivity contribution in [2.45, 2.75) is 32.8 Å². The predicted octanol–water partition coefficient (Wildman–Crippen LogP) is 2.05. The van der Waals surface area contributed by atoms with E-state index in [1.165, 1.54) is 25.4 Å². The molecule has 1 aromatic heterocycles. The van der Waals surface area contributed by atoms with Crippen LogP contribution in [0.15, 0.2) is 36.7 Å². The maximum Gasteiger partial charge on any atom is 0.355 e. The normalized spacial score (nSPS) is 11.3. The molecule has 0 fully saturated rings. The van der Waals surface area contributed by atoms with Gasteiger partial charge in [-0.05, 0) is 25.5 Å². The molecular weight excluding hydrogens is 274 g/mol. The molecule has 21 heavy (non-hydrogen) atoms. The molecule has 6 nitrogen and oxygen atoms in total. The Balaban J connectivity index is 2.71. The first-order chi connectivity index (χ1) is 9.95. The number of rotatable bonds is 6. The molecule has 112 valence electrons. The Morgan fingerprint density at radius 3 is 2.62 bits per heavy atom. The number of carbonyl (C=O) groups is 3. The lowest BCUT2D eigenvalue weighted by Gasteiger charge is -2.15. The number of nitrogens with zero attached hydrogens (tertiary/aromatic N) is 1. The van der Waals surface area contributed by atoms with E-state index in [0.717, 1.165) is 0 Å². The molecule has 0 amide bonds. The molecule has 0 aliphatic heterocycles. The molecule has 0 saturated carbocycles. The Hall–Kier alpha value is -2.50. The van der Waals surface area contributed by atoms with Gasteiger partial charge < -0.3 is 9.47 Å². The average molecular weight is 291 g/mol. The molecule has 0 bridgehead atoms. The number of esters is 3. The zero-order valence-electron chi connectivity index (χ0n) is 12.0. The van der Waals surface area contributed by atoms with Crippen LogP contribution in [0, 0.1) is 0 Å². The first-order valence-electron chi connectivity index (χ1n) is 6.48. The van der Waals surface area contributed by atoms with Crippen molar-refractivity contribution in [3.8, 4) is 0 Å². The van der Waals surface area contributed by atoms with Gasteiger partial charge in [0, 0.05) is 18.0 Å². The van der Waals surface area contributed by atoms with Crippen LogP contribution in [0.3, 0.4) is 0 Å². The fraction of sp³-hybridized carbons (Fsp3) is 0.333. The van der Waals surface area contributed by atoms with E-state index in [-0.39, 0.29) is 17.6 Å². The van der Waals surface area contributed by atoms with Gasteiger partial charge in [0.15, 0.2) is 6.10 Å². The first kappa shape index (κ1) is 16.6. The van der Waals surface area contributed by atoms with E-state index in [2.05, 4.69) is 11.6 Å². The minimum atomic E-state index is -1.13. The molecule has 0 aliphatic rings. The van der Waals surface area contributed by atoms with Crippen molar-refractivity contribution in [3.63, 3.8) is 0 Å². The third kappa shape index (κ3) is 5.18. The number of aromatic nitrogens is 1. The van der Waals surface area contributed by atoms with Crippen molar-refractivity contribution in [3.05, 3.63) is 42.2 Å². The van der Waals surface area contributed by atoms with Crippen LogP contribution < -0.4 is 0 Å². The largest absolute Gasteiger partial charge is 0.447 e. The smallest absolute Gasteiger partial charge is 0.355 e. The lowest BCUT2D eigenvalue weighted by molar-refractivity contribution is -0.162. The standard InChI is InChI=1S/C15H17NO5/c1-4-6-12(20-13(17)10(2)3)15(19)21-14(18)11-7-5-8-16-9-11/h5,7-9,12H,2,4,6H2,1,3H3. The minimum Gasteiger partial charge on any atom is -0.447 e. The highest BCUT2D eigenvalue weighted by atomic mass is 16.6. The summed E-state index contributed by atoms with van der Waals surface area (Å²) in [5.41, 5.74) is 0.315. The molecule has 1 rings (SSSR count). The maximum atomic E-state index is 11.9. The first-order valence-corrected chi connectivity index (χ1v) is 6.48. The van der Waals surface area contributed by atoms with Crippen LogP contribution in [0.5, 0.6) is 0 Å². The van der Waals surface area contributed by atoms with E-state index in [1.807, 2.05) is 6.92 Å². The summed E-state index contributed by atoms with van der Waals surface area (Å²) in [4.78, 5) is 38.9. The topological polar surface area (TPSA) is 82.6 Å². The highest BCUT2D eigenvalue weighted by Crippen LogP contribution is 2.09. The maximum absolute atomic E-state index is 11.9. The molecule has 1 unspecified atom stereocenters. The summed E-state index contributed by atoms with van der Waals surface area (Å²) in [6, 6.07) is 3.02. The van der Waals surface area contributed by atoms with E-state index in [9.17, 15) is 14.4 Å². The lowest BCUT2D eigenvalue weighted by Crippen LogP contribution is -2.31. The van der Waals surface area contributed by atoms with Crippen LogP contribution in [-0.2, 0) is 19.1 Å². The van der Waals surface area contributed by atoms with Gasteiger partial charge in [0.2, 0.25) is 0 Å². The van der Waals surface area contributed by atoms with E-state index < -0.39 is 24.0 Å². The molecule has 1 aromatic rings. The molecule has 0 saturated heterocycles. The summed E-state index contributed by atoms with van der Waals surface area (Å²) in [5, 5.41) is 0. The Morgan fingerprint density at radius 2 is 2.10 bits per heavy atom. The molecule has 1 atom stereocenters. The van der Waals surface area contributed by atoms with Gasteiger partial charge in [-0.25, -0.2) is 14.4 Å². The van der Waals surface area contributed by atoms with Gasteiger partial charge in [-0.2, -0.15) is 0 Å². The van der Waals surface area contributed by atoms with Crippen molar-refractivity contribution >= 4 is 17.9 Å². The molecule has 1 heterocycles. The van der Waals surface area contributed by atoms with Gasteiger partial charge in [0.1, 0.15) is 0 Å². The van der Waals surface area contributed by atoms with E-state index in [1.54, 1.807) is 6.07 Å². The van der Waals surface area contributed by atoms with Gasteiger partial charge in [-0.3, -0.25) is 4.98 Å². The van der Waals surface area contributed by atoms with Gasteiger partial charge in [-0.1, -0.05) is 19.9 Å². The van der Waals surface area contributed by atoms with Gasteiger partial charge in [-0.15, -0.1) is 0 Å². The second-order valence-electron chi connectivity index (χ2n) is 4.41. The van der Waals surface area contributed by atoms with Crippen LogP contribution in [0.2, 0.25) is 0 Å². The van der Waals surface area contributed by atoms with E-state index in [0.29, 0.717) is 6.42 Å². The molecule has 0 N–H and O–H groups in total. The number of hydrogen-bond donors (Lipinski definition) is 0. The van der Waals surface area contributed by atoms with Crippen molar-refractivity contribution in [1.29, 1.82) is 0 Å². The fourth-order valence-electron chi connectivity index (χ4n) is 1.42. The van der Waals surface area contributed by atoms with Crippen molar-refractivity contribution < 1.29 is 23.9 Å². The third-order valence-electron chi connectivity index (χ3n) is 2.50. The molecule has 0 aromatic carbocycles. The quantitative estimate of drug-likeness (QED) is 0.453. The van der Waals surface area contributed by atoms with Gasteiger partial charge in [0.05, 0.1) is 5.56 Å². The number of pyridine rings is 1. The van der Waals surface area contributed by atoms with Crippen LogP contribution in [-0.4, -0.2) is 29.0 Å². The summed E-state index contributed by atoms with van der Waals surface area (Å²) >= 11 is 0. The number of ether oxygens (including phenoxy) is 2. The van der Waals surface area contributed by atoms with Crippen LogP contribution in [0.1, 0.15) is 37.0 Å². The van der Waals surface area contributed by atoms with Crippen molar-refractivity contribution in [1.82, 2.24) is 4.98 Å². The minimum absolute atomic E-state index is 0.146. The summed E-state index contributed by atoms with van der Waals surface area (Å²) in [5.74, 6) is -2.43. The second-order valence-corrected chi connectivity index (χ2v) is 4.41. The second kappa shape index (κ2) is 7.94. The van der Waals surface area contributed by atoms with Crippen LogP contribution >= 0.6 is 0 Å². The third-order valence-corrected chi connectivity index (χ3v) is 2.50. The predicted molar refractivity (Wildman–Crippen MR) is 74.3 cm³/mol. The van der Waals surface area contributed by atoms with Crippen LogP contribution in [0.4, 0.5) is 0 Å². The van der Waals surface area contributed by atoms with E-state index in [4.69, 9.17) is 9.47 Å². The Kier molecular flexibility index (Phi) is 6.26. The average Bonchev–Trinajstić information content (AvgIpc) is 2.47. The molecule has 0 radical (unpaired) electrons. The lowest BCUT2D eigenvalue weighted by atomic mass is 10.2. The molecule has 0 aliphatic carbocycles. The Labute approximate surface area is 122 Å². The summed E-state index contributed by atoms with van der Waals surface area (Å²) < 4.78 is 9.68. The zero-order valence-corrected chi connectivity index (χ0v) is 12.0. The Morgan fingerprint density at radius 1 is 1.38 bits per heavy atom. The van der Waals surface area contributed by atoms with Crippen molar-refractivity contribution in [2.24, 2.45) is 0 Å². The van der Waals surface area contributed by atoms with Crippen LogP contribution in [0.25, 0.3) is 0 Å². The molecule has 0 spiro atoms. The number of hydrogen-bond acceptors (Lipinski definition) is 6. The summed E-state index contributed by atoms with van der Waals surface area (Å²) in [6.07, 6.45) is 2.50. The van der Waals surface area contributed by atoms with Gasteiger partial charge >= 0.3 is 17.9 Å². The Bertz CT molecular complexity index is 538. The highest BCUT2D eigenvalue weighted by Gasteiger charge is 2.26. The monoisotopic (exact) mass is 291 g/mol. The fourth-order valence-corrected chi connectivity index (χ4v) is 1.42. The number of carbonyl (C=O) groups excluding carboxylic acids is 3. The summed E-state index contributed by atoms with van der Waals surface area (Å²) in [6.45, 7) is 6.72.